The summed E-state index contributed by atoms with van der Waals surface area (Å²) >= 11 is 0. The molecule has 0 spiro atoms. The molecule has 1 N–H and O–H groups in total. The largest absolute Gasteiger partial charge is 0.341 e. The lowest BCUT2D eigenvalue weighted by Gasteiger charge is -2.38. The number of anilines is 2. The molecule has 3 rings (SSSR count). The summed E-state index contributed by atoms with van der Waals surface area (Å²) in [4.78, 5) is 24.0. The predicted octanol–water partition coefficient (Wildman–Crippen LogP) is 2.61. The van der Waals surface area contributed by atoms with Crippen molar-refractivity contribution in [3.63, 3.8) is 0 Å². The highest BCUT2D eigenvalue weighted by Gasteiger charge is 2.41. The molecule has 3 heterocycles. The van der Waals surface area contributed by atoms with Gasteiger partial charge in [-0.15, -0.1) is 0 Å². The average Bonchev–Trinajstić information content (AvgIpc) is 2.77. The zero-order valence-electron chi connectivity index (χ0n) is 14.0. The third-order valence-electron chi connectivity index (χ3n) is 4.67. The number of carbonyl (C=O) groups is 1. The predicted molar refractivity (Wildman–Crippen MR) is 88.2 cm³/mol. The van der Waals surface area contributed by atoms with Crippen LogP contribution in [0.5, 0.6) is 0 Å². The van der Waals surface area contributed by atoms with Crippen LogP contribution in [0.15, 0.2) is 0 Å². The maximum Gasteiger partial charge on any atom is 0.248 e. The Morgan fingerprint density at radius 3 is 2.83 bits per heavy atom. The number of hydrogen-bond acceptors (Lipinski definition) is 5. The fourth-order valence-corrected chi connectivity index (χ4v) is 3.42. The van der Waals surface area contributed by atoms with Gasteiger partial charge in [0.1, 0.15) is 17.6 Å². The van der Waals surface area contributed by atoms with Crippen LogP contribution in [0.25, 0.3) is 0 Å². The second-order valence-corrected chi connectivity index (χ2v) is 6.59. The number of nitrogens with zero attached hydrogens (tertiary/aromatic N) is 4. The number of aromatic nitrogens is 2. The number of amides is 1. The first-order chi connectivity index (χ1) is 11.1. The lowest BCUT2D eigenvalue weighted by Crippen LogP contribution is -2.52. The third kappa shape index (κ3) is 2.65. The first kappa shape index (κ1) is 15.7. The molecule has 2 unspecified atom stereocenters. The third-order valence-corrected chi connectivity index (χ3v) is 4.67. The van der Waals surface area contributed by atoms with Gasteiger partial charge in [0.15, 0.2) is 5.82 Å². The number of aryl methyl sites for hydroxylation is 1. The Hall–Kier alpha value is -2.16. The molecule has 2 aliphatic rings. The Morgan fingerprint density at radius 1 is 1.39 bits per heavy atom. The van der Waals surface area contributed by atoms with Crippen LogP contribution in [0, 0.1) is 17.2 Å². The molecule has 6 nitrogen and oxygen atoms in total. The van der Waals surface area contributed by atoms with Crippen LogP contribution < -0.4 is 10.2 Å². The van der Waals surface area contributed by atoms with Crippen molar-refractivity contribution in [2.75, 3.05) is 16.8 Å². The van der Waals surface area contributed by atoms with E-state index in [-0.39, 0.29) is 17.7 Å². The highest BCUT2D eigenvalue weighted by molar-refractivity contribution is 6.03. The molecule has 0 saturated carbocycles. The number of rotatable bonds is 2. The molecule has 122 valence electrons. The number of fused-ring (bicyclic) bond motifs is 3. The van der Waals surface area contributed by atoms with Crippen LogP contribution in [0.4, 0.5) is 11.5 Å². The van der Waals surface area contributed by atoms with Gasteiger partial charge in [0.2, 0.25) is 5.91 Å². The van der Waals surface area contributed by atoms with Crippen molar-refractivity contribution in [1.82, 2.24) is 9.97 Å². The zero-order chi connectivity index (χ0) is 16.6. The maximum absolute atomic E-state index is 12.6. The molecule has 2 aliphatic heterocycles. The fourth-order valence-electron chi connectivity index (χ4n) is 3.42. The number of nitrogens with one attached hydrogen (secondary N) is 1. The van der Waals surface area contributed by atoms with Crippen molar-refractivity contribution in [1.29, 1.82) is 5.26 Å². The fraction of sp³-hybridized carbons (Fsp3) is 0.647. The van der Waals surface area contributed by atoms with Crippen molar-refractivity contribution in [3.05, 3.63) is 11.5 Å². The highest BCUT2D eigenvalue weighted by Crippen LogP contribution is 2.38. The molecule has 2 atom stereocenters. The minimum Gasteiger partial charge on any atom is -0.341 e. The lowest BCUT2D eigenvalue weighted by molar-refractivity contribution is -0.118. The van der Waals surface area contributed by atoms with Crippen LogP contribution in [0.1, 0.15) is 57.5 Å². The molecule has 23 heavy (non-hydrogen) atoms. The summed E-state index contributed by atoms with van der Waals surface area (Å²) in [7, 11) is 0. The van der Waals surface area contributed by atoms with Gasteiger partial charge >= 0.3 is 0 Å². The van der Waals surface area contributed by atoms with Crippen molar-refractivity contribution < 1.29 is 4.79 Å². The van der Waals surface area contributed by atoms with Gasteiger partial charge in [0.05, 0.1) is 17.7 Å². The molecule has 0 radical (unpaired) electrons. The highest BCUT2D eigenvalue weighted by atomic mass is 16.2. The van der Waals surface area contributed by atoms with Gasteiger partial charge in [-0.25, -0.2) is 9.97 Å². The molecule has 1 fully saturated rings. The summed E-state index contributed by atoms with van der Waals surface area (Å²) in [5.41, 5.74) is 1.61. The quantitative estimate of drug-likeness (QED) is 0.907. The van der Waals surface area contributed by atoms with Gasteiger partial charge < -0.3 is 10.2 Å². The molecular formula is C17H23N5O. The Balaban J connectivity index is 2.15. The van der Waals surface area contributed by atoms with Crippen LogP contribution in [0.3, 0.4) is 0 Å². The lowest BCUT2D eigenvalue weighted by atomic mass is 9.94. The van der Waals surface area contributed by atoms with E-state index in [0.717, 1.165) is 55.3 Å². The van der Waals surface area contributed by atoms with Crippen molar-refractivity contribution in [2.45, 2.75) is 58.4 Å². The van der Waals surface area contributed by atoms with E-state index in [1.54, 1.807) is 0 Å². The normalized spacial score (nSPS) is 23.6. The molecule has 6 heteroatoms. The summed E-state index contributed by atoms with van der Waals surface area (Å²) < 4.78 is 0. The molecule has 0 aliphatic carbocycles. The summed E-state index contributed by atoms with van der Waals surface area (Å²) in [6.07, 6.45) is 3.45. The molecule has 1 amide bonds. The standard InChI is InChI=1S/C17H23N5O/c1-4-12-13-16(21-15(19-12)10(2)3)22-8-6-5-7-11(9-18)14(22)17(23)20-13/h10-11,14H,4-8H2,1-3H3,(H,20,23). The van der Waals surface area contributed by atoms with Gasteiger partial charge in [-0.2, -0.15) is 5.26 Å². The zero-order valence-corrected chi connectivity index (χ0v) is 14.0. The number of nitriles is 1. The van der Waals surface area contributed by atoms with Gasteiger partial charge in [0, 0.05) is 12.5 Å². The van der Waals surface area contributed by atoms with Gasteiger partial charge in [0.25, 0.3) is 0 Å². The van der Waals surface area contributed by atoms with Crippen molar-refractivity contribution in [3.8, 4) is 6.07 Å². The van der Waals surface area contributed by atoms with E-state index in [1.165, 1.54) is 0 Å². The van der Waals surface area contributed by atoms with E-state index in [1.807, 2.05) is 11.8 Å². The van der Waals surface area contributed by atoms with E-state index >= 15 is 0 Å². The van der Waals surface area contributed by atoms with E-state index in [9.17, 15) is 10.1 Å². The van der Waals surface area contributed by atoms with Crippen molar-refractivity contribution in [2.24, 2.45) is 5.92 Å². The van der Waals surface area contributed by atoms with E-state index < -0.39 is 6.04 Å². The second-order valence-electron chi connectivity index (χ2n) is 6.59. The molecule has 1 aromatic rings. The molecule has 0 aromatic carbocycles. The molecule has 1 aromatic heterocycles. The van der Waals surface area contributed by atoms with Crippen LogP contribution in [0.2, 0.25) is 0 Å². The molecular weight excluding hydrogens is 290 g/mol. The van der Waals surface area contributed by atoms with E-state index in [0.29, 0.717) is 0 Å². The Bertz CT molecular complexity index is 664. The Labute approximate surface area is 136 Å². The number of carbonyl (C=O) groups excluding carboxylic acids is 1. The Kier molecular flexibility index (Phi) is 4.20. The second kappa shape index (κ2) is 6.15. The smallest absolute Gasteiger partial charge is 0.248 e. The topological polar surface area (TPSA) is 81.9 Å². The van der Waals surface area contributed by atoms with Crippen molar-refractivity contribution >= 4 is 17.4 Å². The minimum atomic E-state index is -0.436. The first-order valence-electron chi connectivity index (χ1n) is 8.44. The monoisotopic (exact) mass is 313 g/mol. The van der Waals surface area contributed by atoms with Crippen LogP contribution in [-0.2, 0) is 11.2 Å². The van der Waals surface area contributed by atoms with Gasteiger partial charge in [-0.3, -0.25) is 4.79 Å². The summed E-state index contributed by atoms with van der Waals surface area (Å²) in [5.74, 6) is 1.44. The molecule has 0 bridgehead atoms. The van der Waals surface area contributed by atoms with E-state index in [2.05, 4.69) is 30.2 Å². The van der Waals surface area contributed by atoms with Crippen LogP contribution in [-0.4, -0.2) is 28.5 Å². The van der Waals surface area contributed by atoms with Gasteiger partial charge in [-0.05, 0) is 19.3 Å². The Morgan fingerprint density at radius 2 is 2.17 bits per heavy atom. The van der Waals surface area contributed by atoms with E-state index in [4.69, 9.17) is 4.98 Å². The average molecular weight is 313 g/mol. The summed E-state index contributed by atoms with van der Waals surface area (Å²) in [6.45, 7) is 6.94. The van der Waals surface area contributed by atoms with Gasteiger partial charge in [-0.1, -0.05) is 27.2 Å². The summed E-state index contributed by atoms with van der Waals surface area (Å²) in [5, 5.41) is 12.5. The minimum absolute atomic E-state index is 0.0958. The molecule has 1 saturated heterocycles. The summed E-state index contributed by atoms with van der Waals surface area (Å²) in [6, 6.07) is 1.89. The maximum atomic E-state index is 12.6. The first-order valence-corrected chi connectivity index (χ1v) is 8.44. The number of hydrogen-bond donors (Lipinski definition) is 1. The van der Waals surface area contributed by atoms with Crippen LogP contribution >= 0.6 is 0 Å². The SMILES string of the molecule is CCc1nc(C(C)C)nc2c1NC(=O)C1C(C#N)CCCCN21.